The van der Waals surface area contributed by atoms with Gasteiger partial charge in [0, 0.05) is 19.3 Å². The molecule has 0 radical (unpaired) electrons. The molecule has 0 aromatic carbocycles. The van der Waals surface area contributed by atoms with E-state index in [1.807, 2.05) is 0 Å². The van der Waals surface area contributed by atoms with Crippen molar-refractivity contribution < 1.29 is 8.42 Å². The molecule has 1 heterocycles. The van der Waals surface area contributed by atoms with Gasteiger partial charge in [-0.25, -0.2) is 8.42 Å². The summed E-state index contributed by atoms with van der Waals surface area (Å²) in [5, 5.41) is -0.151. The topological polar surface area (TPSA) is 70.2 Å². The second kappa shape index (κ2) is 5.69. The first-order valence-electron chi connectivity index (χ1n) is 5.31. The molecule has 1 aromatic heterocycles. The summed E-state index contributed by atoms with van der Waals surface area (Å²) < 4.78 is 25.8. The minimum Gasteiger partial charge on any atom is -0.326 e. The highest BCUT2D eigenvalue weighted by Gasteiger charge is 2.23. The number of pyridine rings is 1. The van der Waals surface area contributed by atoms with Crippen molar-refractivity contribution in [1.29, 1.82) is 0 Å². The van der Waals surface area contributed by atoms with Crippen LogP contribution in [0.3, 0.4) is 0 Å². The molecule has 100 valence electrons. The van der Waals surface area contributed by atoms with Crippen molar-refractivity contribution in [3.8, 4) is 0 Å². The van der Waals surface area contributed by atoms with Gasteiger partial charge < -0.3 is 4.98 Å². The van der Waals surface area contributed by atoms with Crippen LogP contribution < -0.4 is 5.56 Å². The molecule has 1 rings (SSSR count). The summed E-state index contributed by atoms with van der Waals surface area (Å²) in [5.41, 5.74) is 0.217. The number of sulfonamides is 1. The van der Waals surface area contributed by atoms with E-state index in [0.717, 1.165) is 17.8 Å². The van der Waals surface area contributed by atoms with Gasteiger partial charge in [0.2, 0.25) is 10.0 Å². The van der Waals surface area contributed by atoms with Gasteiger partial charge in [-0.2, -0.15) is 4.31 Å². The minimum absolute atomic E-state index is 0.0322. The molecule has 1 aromatic rings. The van der Waals surface area contributed by atoms with Gasteiger partial charge in [0.15, 0.2) is 0 Å². The Morgan fingerprint density at radius 2 is 2.17 bits per heavy atom. The van der Waals surface area contributed by atoms with Crippen LogP contribution in [0.4, 0.5) is 0 Å². The Balaban J connectivity index is 3.22. The van der Waals surface area contributed by atoms with Gasteiger partial charge in [-0.3, -0.25) is 4.79 Å². The Morgan fingerprint density at radius 3 is 2.61 bits per heavy atom. The first-order valence-corrected chi connectivity index (χ1v) is 7.13. The van der Waals surface area contributed by atoms with Gasteiger partial charge in [-0.15, -0.1) is 0 Å². The molecule has 0 saturated heterocycles. The molecule has 7 heteroatoms. The third kappa shape index (κ3) is 3.22. The molecule has 0 fully saturated rings. The first kappa shape index (κ1) is 14.9. The summed E-state index contributed by atoms with van der Waals surface area (Å²) in [6, 6.07) is 1.15. The van der Waals surface area contributed by atoms with Crippen molar-refractivity contribution in [1.82, 2.24) is 9.29 Å². The van der Waals surface area contributed by atoms with E-state index in [1.165, 1.54) is 4.31 Å². The monoisotopic (exact) mass is 290 g/mol. The maximum atomic E-state index is 12.3. The molecule has 0 amide bonds. The third-order valence-electron chi connectivity index (χ3n) is 2.27. The summed E-state index contributed by atoms with van der Waals surface area (Å²) in [4.78, 5) is 13.4. The number of aromatic amines is 1. The second-order valence-electron chi connectivity index (χ2n) is 3.90. The third-order valence-corrected chi connectivity index (χ3v) is 4.45. The normalized spacial score (nSPS) is 11.8. The van der Waals surface area contributed by atoms with Crippen LogP contribution in [0.15, 0.2) is 34.1 Å². The first-order chi connectivity index (χ1) is 8.28. The van der Waals surface area contributed by atoms with E-state index in [0.29, 0.717) is 6.54 Å². The maximum absolute atomic E-state index is 12.3. The molecule has 0 aliphatic rings. The fourth-order valence-electron chi connectivity index (χ4n) is 1.40. The number of aromatic nitrogens is 1. The lowest BCUT2D eigenvalue weighted by Crippen LogP contribution is -2.32. The molecule has 0 unspecified atom stereocenters. The number of nitrogens with zero attached hydrogens (tertiary/aromatic N) is 1. The van der Waals surface area contributed by atoms with Crippen LogP contribution >= 0.6 is 11.6 Å². The van der Waals surface area contributed by atoms with E-state index in [4.69, 9.17) is 11.6 Å². The molecular weight excluding hydrogens is 276 g/mol. The average Bonchev–Trinajstić information content (AvgIpc) is 2.28. The number of hydrogen-bond acceptors (Lipinski definition) is 3. The van der Waals surface area contributed by atoms with Crippen LogP contribution in [-0.2, 0) is 10.0 Å². The van der Waals surface area contributed by atoms with Crippen molar-refractivity contribution in [3.63, 3.8) is 0 Å². The summed E-state index contributed by atoms with van der Waals surface area (Å²) in [6.45, 7) is 7.71. The molecule has 0 aliphatic heterocycles. The number of hydrogen-bond donors (Lipinski definition) is 1. The molecular formula is C11H15ClN2O3S. The summed E-state index contributed by atoms with van der Waals surface area (Å²) in [6.07, 6.45) is 1.14. The summed E-state index contributed by atoms with van der Waals surface area (Å²) >= 11 is 5.63. The van der Waals surface area contributed by atoms with Crippen LogP contribution in [0, 0.1) is 0 Å². The lowest BCUT2D eigenvalue weighted by molar-refractivity contribution is 0.452. The van der Waals surface area contributed by atoms with Gasteiger partial charge in [0.25, 0.3) is 5.56 Å². The molecule has 0 saturated carbocycles. The molecule has 18 heavy (non-hydrogen) atoms. The molecule has 0 bridgehead atoms. The zero-order valence-corrected chi connectivity index (χ0v) is 11.8. The van der Waals surface area contributed by atoms with Gasteiger partial charge in [-0.1, -0.05) is 30.7 Å². The molecule has 5 nitrogen and oxygen atoms in total. The average molecular weight is 291 g/mol. The minimum atomic E-state index is -3.67. The zero-order chi connectivity index (χ0) is 13.9. The lowest BCUT2D eigenvalue weighted by Gasteiger charge is -2.20. The predicted octanol–water partition coefficient (Wildman–Crippen LogP) is 1.62. The Bertz CT molecular complexity index is 607. The van der Waals surface area contributed by atoms with Crippen molar-refractivity contribution in [2.75, 3.05) is 13.1 Å². The smallest absolute Gasteiger partial charge is 0.266 e. The number of halogens is 1. The second-order valence-corrected chi connectivity index (χ2v) is 6.25. The molecule has 1 N–H and O–H groups in total. The van der Waals surface area contributed by atoms with E-state index >= 15 is 0 Å². The molecule has 0 spiro atoms. The van der Waals surface area contributed by atoms with Crippen molar-refractivity contribution in [2.24, 2.45) is 0 Å². The summed E-state index contributed by atoms with van der Waals surface area (Å²) in [5.74, 6) is 0. The largest absolute Gasteiger partial charge is 0.326 e. The molecule has 0 atom stereocenters. The highest BCUT2D eigenvalue weighted by molar-refractivity contribution is 7.89. The Hall–Kier alpha value is -1.11. The Morgan fingerprint density at radius 1 is 1.56 bits per heavy atom. The van der Waals surface area contributed by atoms with Gasteiger partial charge in [0.1, 0.15) is 5.02 Å². The summed E-state index contributed by atoms with van der Waals surface area (Å²) in [7, 11) is -3.67. The van der Waals surface area contributed by atoms with E-state index in [9.17, 15) is 13.2 Å². The van der Waals surface area contributed by atoms with Crippen LogP contribution in [0.1, 0.15) is 13.8 Å². The Kier molecular flexibility index (Phi) is 4.72. The maximum Gasteiger partial charge on any atom is 0.266 e. The number of H-pyrrole nitrogens is 1. The van der Waals surface area contributed by atoms with Crippen LogP contribution in [0.2, 0.25) is 5.02 Å². The quantitative estimate of drug-likeness (QED) is 0.838. The van der Waals surface area contributed by atoms with Gasteiger partial charge >= 0.3 is 0 Å². The van der Waals surface area contributed by atoms with Crippen LogP contribution in [-0.4, -0.2) is 30.8 Å². The fraction of sp³-hybridized carbons (Fsp3) is 0.364. The standard InChI is InChI=1S/C11H15ClN2O3S/c1-4-14(7-8(2)3)18(16,17)9-5-10(12)11(15)13-6-9/h5-6H,2,4,7H2,1,3H3,(H,13,15). The van der Waals surface area contributed by atoms with E-state index in [1.54, 1.807) is 13.8 Å². The highest BCUT2D eigenvalue weighted by atomic mass is 35.5. The number of rotatable bonds is 5. The highest BCUT2D eigenvalue weighted by Crippen LogP contribution is 2.17. The van der Waals surface area contributed by atoms with Gasteiger partial charge in [-0.05, 0) is 13.0 Å². The lowest BCUT2D eigenvalue weighted by atomic mass is 10.3. The zero-order valence-electron chi connectivity index (χ0n) is 10.2. The van der Waals surface area contributed by atoms with Crippen molar-refractivity contribution in [2.45, 2.75) is 18.7 Å². The fourth-order valence-corrected chi connectivity index (χ4v) is 3.14. The molecule has 0 aliphatic carbocycles. The van der Waals surface area contributed by atoms with Crippen LogP contribution in [0.5, 0.6) is 0 Å². The number of likely N-dealkylation sites (N-methyl/N-ethyl adjacent to an activating group) is 1. The van der Waals surface area contributed by atoms with E-state index in [2.05, 4.69) is 11.6 Å². The Labute approximate surface area is 111 Å². The van der Waals surface area contributed by atoms with Crippen LogP contribution in [0.25, 0.3) is 0 Å². The van der Waals surface area contributed by atoms with Gasteiger partial charge in [0.05, 0.1) is 4.90 Å². The van der Waals surface area contributed by atoms with Crippen molar-refractivity contribution in [3.05, 3.63) is 39.8 Å². The number of nitrogens with one attached hydrogen (secondary N) is 1. The van der Waals surface area contributed by atoms with E-state index in [-0.39, 0.29) is 16.5 Å². The SMILES string of the molecule is C=C(C)CN(CC)S(=O)(=O)c1c[nH]c(=O)c(Cl)c1. The predicted molar refractivity (Wildman–Crippen MR) is 71.3 cm³/mol. The van der Waals surface area contributed by atoms with Crippen molar-refractivity contribution >= 4 is 21.6 Å². The van der Waals surface area contributed by atoms with E-state index < -0.39 is 15.6 Å².